The van der Waals surface area contributed by atoms with Gasteiger partial charge < -0.3 is 15.2 Å². The van der Waals surface area contributed by atoms with Crippen molar-refractivity contribution in [2.45, 2.75) is 13.0 Å². The quantitative estimate of drug-likeness (QED) is 0.751. The highest BCUT2D eigenvalue weighted by molar-refractivity contribution is 5.43. The van der Waals surface area contributed by atoms with E-state index in [0.29, 0.717) is 18.7 Å². The van der Waals surface area contributed by atoms with E-state index in [0.717, 1.165) is 22.6 Å². The molecule has 0 fully saturated rings. The molecule has 0 atom stereocenters. The van der Waals surface area contributed by atoms with Crippen molar-refractivity contribution in [3.05, 3.63) is 65.6 Å². The van der Waals surface area contributed by atoms with Gasteiger partial charge in [-0.25, -0.2) is 4.98 Å². The Morgan fingerprint density at radius 2 is 1.95 bits per heavy atom. The van der Waals surface area contributed by atoms with Gasteiger partial charge in [0, 0.05) is 24.9 Å². The van der Waals surface area contributed by atoms with Gasteiger partial charge in [-0.3, -0.25) is 0 Å². The number of hydrogen-bond acceptors (Lipinski definition) is 3. The minimum absolute atomic E-state index is 0.304. The fraction of sp³-hybridized carbons (Fsp3) is 0.133. The average Bonchev–Trinajstić information content (AvgIpc) is 2.83. The lowest BCUT2D eigenvalue weighted by Gasteiger charge is -2.01. The number of nitrogens with two attached hydrogens (primary N) is 1. The van der Waals surface area contributed by atoms with Crippen molar-refractivity contribution in [1.82, 2.24) is 9.38 Å². The number of nitrogens with zero attached hydrogens (tertiary/aromatic N) is 2. The van der Waals surface area contributed by atoms with Gasteiger partial charge in [0.1, 0.15) is 11.4 Å². The summed E-state index contributed by atoms with van der Waals surface area (Å²) in [6.45, 7) is 0.476. The SMILES string of the molecule is NCc1cccc2nc(Cc3ccccc3O)cn12. The molecule has 0 spiro atoms. The van der Waals surface area contributed by atoms with Gasteiger partial charge in [0.15, 0.2) is 0 Å². The number of phenolic OH excluding ortho intramolecular Hbond substituents is 1. The highest BCUT2D eigenvalue weighted by Gasteiger charge is 2.07. The van der Waals surface area contributed by atoms with Gasteiger partial charge in [0.25, 0.3) is 0 Å². The van der Waals surface area contributed by atoms with Crippen LogP contribution in [-0.4, -0.2) is 14.5 Å². The molecule has 0 radical (unpaired) electrons. The maximum atomic E-state index is 9.79. The number of hydrogen-bond donors (Lipinski definition) is 2. The van der Waals surface area contributed by atoms with Gasteiger partial charge in [-0.05, 0) is 23.8 Å². The summed E-state index contributed by atoms with van der Waals surface area (Å²) in [6, 6.07) is 13.2. The molecular formula is C15H15N3O. The predicted octanol–water partition coefficient (Wildman–Crippen LogP) is 2.09. The minimum atomic E-state index is 0.304. The number of rotatable bonds is 3. The van der Waals surface area contributed by atoms with Gasteiger partial charge in [0.2, 0.25) is 0 Å². The van der Waals surface area contributed by atoms with Gasteiger partial charge >= 0.3 is 0 Å². The summed E-state index contributed by atoms with van der Waals surface area (Å²) in [5.74, 6) is 0.304. The van der Waals surface area contributed by atoms with Crippen LogP contribution in [0, 0.1) is 0 Å². The van der Waals surface area contributed by atoms with E-state index < -0.39 is 0 Å². The molecular weight excluding hydrogens is 238 g/mol. The molecule has 0 saturated carbocycles. The summed E-state index contributed by atoms with van der Waals surface area (Å²) in [6.07, 6.45) is 2.59. The lowest BCUT2D eigenvalue weighted by atomic mass is 10.1. The zero-order valence-electron chi connectivity index (χ0n) is 10.5. The largest absolute Gasteiger partial charge is 0.508 e. The molecule has 19 heavy (non-hydrogen) atoms. The number of aromatic nitrogens is 2. The summed E-state index contributed by atoms with van der Waals surface area (Å²) in [5.41, 5.74) is 9.41. The van der Waals surface area contributed by atoms with Crippen LogP contribution >= 0.6 is 0 Å². The molecule has 4 nitrogen and oxygen atoms in total. The second-order valence-electron chi connectivity index (χ2n) is 4.49. The van der Waals surface area contributed by atoms with Crippen molar-refractivity contribution in [2.24, 2.45) is 5.73 Å². The fourth-order valence-electron chi connectivity index (χ4n) is 2.23. The Morgan fingerprint density at radius 3 is 2.74 bits per heavy atom. The van der Waals surface area contributed by atoms with Crippen molar-refractivity contribution in [1.29, 1.82) is 0 Å². The zero-order chi connectivity index (χ0) is 13.2. The van der Waals surface area contributed by atoms with E-state index in [9.17, 15) is 5.11 Å². The van der Waals surface area contributed by atoms with Crippen LogP contribution in [0.2, 0.25) is 0 Å². The van der Waals surface area contributed by atoms with E-state index in [-0.39, 0.29) is 0 Å². The number of imidazole rings is 1. The fourth-order valence-corrected chi connectivity index (χ4v) is 2.23. The van der Waals surface area contributed by atoms with Crippen LogP contribution in [0.1, 0.15) is 17.0 Å². The third-order valence-corrected chi connectivity index (χ3v) is 3.20. The molecule has 96 valence electrons. The standard InChI is InChI=1S/C15H15N3O/c16-9-13-5-3-7-15-17-12(10-18(13)15)8-11-4-1-2-6-14(11)19/h1-7,10,19H,8-9,16H2. The molecule has 3 rings (SSSR count). The van der Waals surface area contributed by atoms with E-state index in [1.54, 1.807) is 6.07 Å². The first-order valence-corrected chi connectivity index (χ1v) is 6.21. The van der Waals surface area contributed by atoms with Crippen LogP contribution in [-0.2, 0) is 13.0 Å². The molecule has 0 bridgehead atoms. The molecule has 0 aliphatic rings. The van der Waals surface area contributed by atoms with E-state index >= 15 is 0 Å². The van der Waals surface area contributed by atoms with Crippen molar-refractivity contribution in [2.75, 3.05) is 0 Å². The second kappa shape index (κ2) is 4.74. The number of aromatic hydroxyl groups is 1. The van der Waals surface area contributed by atoms with Crippen molar-refractivity contribution >= 4 is 5.65 Å². The summed E-state index contributed by atoms with van der Waals surface area (Å²) in [5, 5.41) is 9.79. The van der Waals surface area contributed by atoms with Crippen LogP contribution in [0.15, 0.2) is 48.7 Å². The van der Waals surface area contributed by atoms with Crippen molar-refractivity contribution in [3.8, 4) is 5.75 Å². The first-order valence-electron chi connectivity index (χ1n) is 6.21. The highest BCUT2D eigenvalue weighted by Crippen LogP contribution is 2.20. The monoisotopic (exact) mass is 253 g/mol. The lowest BCUT2D eigenvalue weighted by molar-refractivity contribution is 0.469. The van der Waals surface area contributed by atoms with Gasteiger partial charge in [0.05, 0.1) is 5.69 Å². The lowest BCUT2D eigenvalue weighted by Crippen LogP contribution is -2.02. The third kappa shape index (κ3) is 2.18. The third-order valence-electron chi connectivity index (χ3n) is 3.20. The van der Waals surface area contributed by atoms with Crippen LogP contribution in [0.5, 0.6) is 5.75 Å². The Balaban J connectivity index is 2.00. The number of para-hydroxylation sites is 1. The molecule has 2 aromatic heterocycles. The number of phenols is 1. The smallest absolute Gasteiger partial charge is 0.137 e. The van der Waals surface area contributed by atoms with E-state index in [1.165, 1.54) is 0 Å². The van der Waals surface area contributed by atoms with E-state index in [2.05, 4.69) is 4.98 Å². The minimum Gasteiger partial charge on any atom is -0.508 e. The average molecular weight is 253 g/mol. The number of pyridine rings is 1. The van der Waals surface area contributed by atoms with Crippen molar-refractivity contribution in [3.63, 3.8) is 0 Å². The number of benzene rings is 1. The molecule has 1 aromatic carbocycles. The normalized spacial score (nSPS) is 11.0. The molecule has 0 unspecified atom stereocenters. The topological polar surface area (TPSA) is 63.5 Å². The number of fused-ring (bicyclic) bond motifs is 1. The molecule has 0 saturated heterocycles. The molecule has 3 N–H and O–H groups in total. The molecule has 0 amide bonds. The predicted molar refractivity (Wildman–Crippen MR) is 74.0 cm³/mol. The summed E-state index contributed by atoms with van der Waals surface area (Å²) in [7, 11) is 0. The van der Waals surface area contributed by atoms with Crippen LogP contribution < -0.4 is 5.73 Å². The molecule has 3 aromatic rings. The van der Waals surface area contributed by atoms with Crippen LogP contribution in [0.25, 0.3) is 5.65 Å². The zero-order valence-corrected chi connectivity index (χ0v) is 10.5. The Bertz CT molecular complexity index is 718. The highest BCUT2D eigenvalue weighted by atomic mass is 16.3. The summed E-state index contributed by atoms with van der Waals surface area (Å²) < 4.78 is 2.00. The summed E-state index contributed by atoms with van der Waals surface area (Å²) in [4.78, 5) is 4.55. The Kier molecular flexibility index (Phi) is 2.93. The van der Waals surface area contributed by atoms with Gasteiger partial charge in [-0.1, -0.05) is 24.3 Å². The Hall–Kier alpha value is -2.33. The molecule has 0 aliphatic heterocycles. The molecule has 0 aliphatic carbocycles. The Labute approximate surface area is 111 Å². The van der Waals surface area contributed by atoms with Gasteiger partial charge in [-0.2, -0.15) is 0 Å². The van der Waals surface area contributed by atoms with Crippen LogP contribution in [0.3, 0.4) is 0 Å². The second-order valence-corrected chi connectivity index (χ2v) is 4.49. The summed E-state index contributed by atoms with van der Waals surface area (Å²) >= 11 is 0. The van der Waals surface area contributed by atoms with Gasteiger partial charge in [-0.15, -0.1) is 0 Å². The first-order chi connectivity index (χ1) is 9.28. The molecule has 4 heteroatoms. The maximum absolute atomic E-state index is 9.79. The van der Waals surface area contributed by atoms with E-state index in [4.69, 9.17) is 5.73 Å². The van der Waals surface area contributed by atoms with Crippen molar-refractivity contribution < 1.29 is 5.11 Å². The van der Waals surface area contributed by atoms with E-state index in [1.807, 2.05) is 47.0 Å². The molecule has 2 heterocycles. The van der Waals surface area contributed by atoms with Crippen LogP contribution in [0.4, 0.5) is 0 Å². The Morgan fingerprint density at radius 1 is 1.11 bits per heavy atom. The maximum Gasteiger partial charge on any atom is 0.137 e. The first kappa shape index (κ1) is 11.7.